The summed E-state index contributed by atoms with van der Waals surface area (Å²) in [5.74, 6) is 0. The van der Waals surface area contributed by atoms with Crippen molar-refractivity contribution in [2.75, 3.05) is 0 Å². The third kappa shape index (κ3) is 3.25. The Kier molecular flexibility index (Phi) is 3.09. The minimum Gasteiger partial charge on any atom is -0.428 e. The van der Waals surface area contributed by atoms with E-state index in [0.29, 0.717) is 12.8 Å². The van der Waals surface area contributed by atoms with Gasteiger partial charge < -0.3 is 9.47 Å². The van der Waals surface area contributed by atoms with Crippen LogP contribution in [0.3, 0.4) is 0 Å². The van der Waals surface area contributed by atoms with Gasteiger partial charge in [0.25, 0.3) is 0 Å². The highest BCUT2D eigenvalue weighted by Crippen LogP contribution is 2.24. The highest BCUT2D eigenvalue weighted by Gasteiger charge is 2.30. The fourth-order valence-electron chi connectivity index (χ4n) is 2.30. The standard InChI is InChI=1S/C15H20O3/c1-14(2)9-11-5-7-12(8-6-11)10-15(3,4)18-13(16)17-14/h5-8H,9-10H2,1-4H3. The molecule has 1 aromatic rings. The zero-order valence-electron chi connectivity index (χ0n) is 11.4. The van der Waals surface area contributed by atoms with Crippen molar-refractivity contribution in [3.63, 3.8) is 0 Å². The molecule has 3 heteroatoms. The quantitative estimate of drug-likeness (QED) is 0.659. The van der Waals surface area contributed by atoms with Crippen LogP contribution in [0.5, 0.6) is 0 Å². The molecular formula is C15H20O3. The molecule has 2 aliphatic heterocycles. The Hall–Kier alpha value is -1.51. The van der Waals surface area contributed by atoms with Gasteiger partial charge in [0, 0.05) is 12.8 Å². The van der Waals surface area contributed by atoms with Crippen molar-refractivity contribution in [3.05, 3.63) is 35.4 Å². The SMILES string of the molecule is CC1(C)Cc2ccc(cc2)CC(C)(C)OC(=O)O1. The van der Waals surface area contributed by atoms with E-state index in [4.69, 9.17) is 9.47 Å². The van der Waals surface area contributed by atoms with E-state index in [9.17, 15) is 4.79 Å². The molecule has 0 fully saturated rings. The zero-order chi connectivity index (χ0) is 13.4. The molecule has 98 valence electrons. The molecule has 0 aromatic heterocycles. The van der Waals surface area contributed by atoms with Gasteiger partial charge in [0.2, 0.25) is 0 Å². The molecule has 1 aromatic carbocycles. The Morgan fingerprint density at radius 2 is 1.17 bits per heavy atom. The molecule has 0 atom stereocenters. The lowest BCUT2D eigenvalue weighted by Crippen LogP contribution is -2.36. The lowest BCUT2D eigenvalue weighted by molar-refractivity contribution is -0.0578. The number of hydrogen-bond acceptors (Lipinski definition) is 3. The summed E-state index contributed by atoms with van der Waals surface area (Å²) in [5.41, 5.74) is 1.21. The summed E-state index contributed by atoms with van der Waals surface area (Å²) in [4.78, 5) is 11.8. The van der Waals surface area contributed by atoms with Crippen molar-refractivity contribution in [2.24, 2.45) is 0 Å². The van der Waals surface area contributed by atoms with Gasteiger partial charge in [-0.05, 0) is 38.8 Å². The third-order valence-corrected chi connectivity index (χ3v) is 3.00. The van der Waals surface area contributed by atoms with Gasteiger partial charge in [-0.2, -0.15) is 0 Å². The number of ether oxygens (including phenoxy) is 2. The molecule has 0 radical (unpaired) electrons. The number of benzene rings is 1. The molecule has 0 saturated carbocycles. The van der Waals surface area contributed by atoms with E-state index in [-0.39, 0.29) is 0 Å². The van der Waals surface area contributed by atoms with Crippen molar-refractivity contribution in [1.82, 2.24) is 0 Å². The lowest BCUT2D eigenvalue weighted by Gasteiger charge is -2.28. The van der Waals surface area contributed by atoms with Gasteiger partial charge in [-0.25, -0.2) is 4.79 Å². The summed E-state index contributed by atoms with van der Waals surface area (Å²) in [6, 6.07) is 8.36. The second-order valence-electron chi connectivity index (χ2n) is 6.14. The first-order chi connectivity index (χ1) is 8.26. The highest BCUT2D eigenvalue weighted by molar-refractivity contribution is 5.61. The van der Waals surface area contributed by atoms with Gasteiger partial charge in [-0.1, -0.05) is 24.3 Å². The molecule has 0 saturated heterocycles. The van der Waals surface area contributed by atoms with Crippen LogP contribution in [0.4, 0.5) is 4.79 Å². The first kappa shape index (κ1) is 12.9. The largest absolute Gasteiger partial charge is 0.509 e. The average Bonchev–Trinajstić information content (AvgIpc) is 2.18. The molecule has 2 aliphatic rings. The van der Waals surface area contributed by atoms with E-state index < -0.39 is 17.4 Å². The van der Waals surface area contributed by atoms with Gasteiger partial charge in [0.1, 0.15) is 11.2 Å². The fraction of sp³-hybridized carbons (Fsp3) is 0.533. The molecular weight excluding hydrogens is 228 g/mol. The summed E-state index contributed by atoms with van der Waals surface area (Å²) in [5, 5.41) is 0. The van der Waals surface area contributed by atoms with E-state index in [1.807, 2.05) is 27.7 Å². The predicted molar refractivity (Wildman–Crippen MR) is 69.6 cm³/mol. The monoisotopic (exact) mass is 248 g/mol. The van der Waals surface area contributed by atoms with E-state index >= 15 is 0 Å². The van der Waals surface area contributed by atoms with E-state index in [0.717, 1.165) is 11.1 Å². The van der Waals surface area contributed by atoms with Crippen molar-refractivity contribution in [1.29, 1.82) is 0 Å². The lowest BCUT2D eigenvalue weighted by atomic mass is 9.94. The summed E-state index contributed by atoms with van der Waals surface area (Å²) in [7, 11) is 0. The Bertz CT molecular complexity index is 402. The molecule has 0 spiro atoms. The molecule has 3 nitrogen and oxygen atoms in total. The molecule has 0 unspecified atom stereocenters. The topological polar surface area (TPSA) is 35.5 Å². The summed E-state index contributed by atoms with van der Waals surface area (Å²) in [6.07, 6.45) is 0.776. The average molecular weight is 248 g/mol. The smallest absolute Gasteiger partial charge is 0.428 e. The number of fused-ring (bicyclic) bond motifs is 8. The molecule has 3 rings (SSSR count). The van der Waals surface area contributed by atoms with Crippen molar-refractivity contribution in [3.8, 4) is 0 Å². The first-order valence-electron chi connectivity index (χ1n) is 6.26. The Labute approximate surface area is 108 Å². The Balaban J connectivity index is 2.35. The fourth-order valence-corrected chi connectivity index (χ4v) is 2.30. The summed E-state index contributed by atoms with van der Waals surface area (Å²) in [6.45, 7) is 7.58. The zero-order valence-corrected chi connectivity index (χ0v) is 11.4. The maximum absolute atomic E-state index is 11.8. The predicted octanol–water partition coefficient (Wildman–Crippen LogP) is 3.50. The molecule has 0 amide bonds. The number of carbonyl (C=O) groups excluding carboxylic acids is 1. The maximum Gasteiger partial charge on any atom is 0.509 e. The highest BCUT2D eigenvalue weighted by atomic mass is 16.7. The van der Waals surface area contributed by atoms with Crippen molar-refractivity contribution in [2.45, 2.75) is 51.7 Å². The van der Waals surface area contributed by atoms with Crippen LogP contribution in [0.2, 0.25) is 0 Å². The van der Waals surface area contributed by atoms with Crippen LogP contribution in [0.1, 0.15) is 38.8 Å². The van der Waals surface area contributed by atoms with Gasteiger partial charge in [-0.3, -0.25) is 0 Å². The molecule has 18 heavy (non-hydrogen) atoms. The number of hydrogen-bond donors (Lipinski definition) is 0. The minimum absolute atomic E-state index is 0.557. The van der Waals surface area contributed by atoms with Crippen molar-refractivity contribution < 1.29 is 14.3 Å². The summed E-state index contributed by atoms with van der Waals surface area (Å²) >= 11 is 0. The first-order valence-corrected chi connectivity index (χ1v) is 6.26. The van der Waals surface area contributed by atoms with Gasteiger partial charge in [0.15, 0.2) is 0 Å². The second kappa shape index (κ2) is 4.30. The second-order valence-corrected chi connectivity index (χ2v) is 6.14. The van der Waals surface area contributed by atoms with E-state index in [2.05, 4.69) is 24.3 Å². The van der Waals surface area contributed by atoms with Crippen LogP contribution in [-0.4, -0.2) is 17.4 Å². The number of carbonyl (C=O) groups is 1. The Morgan fingerprint density at radius 1 is 0.833 bits per heavy atom. The van der Waals surface area contributed by atoms with Gasteiger partial charge in [-0.15, -0.1) is 0 Å². The minimum atomic E-state index is -0.590. The molecule has 2 heterocycles. The third-order valence-electron chi connectivity index (χ3n) is 3.00. The molecule has 2 bridgehead atoms. The van der Waals surface area contributed by atoms with Crippen LogP contribution in [0.25, 0.3) is 0 Å². The normalized spacial score (nSPS) is 21.7. The maximum atomic E-state index is 11.8. The van der Waals surface area contributed by atoms with Crippen LogP contribution in [0.15, 0.2) is 24.3 Å². The molecule has 0 N–H and O–H groups in total. The van der Waals surface area contributed by atoms with Crippen LogP contribution in [0, 0.1) is 0 Å². The van der Waals surface area contributed by atoms with E-state index in [1.165, 1.54) is 0 Å². The summed E-state index contributed by atoms with van der Waals surface area (Å²) < 4.78 is 10.8. The van der Waals surface area contributed by atoms with Gasteiger partial charge >= 0.3 is 6.16 Å². The van der Waals surface area contributed by atoms with Crippen molar-refractivity contribution >= 4 is 6.16 Å². The van der Waals surface area contributed by atoms with Crippen LogP contribution >= 0.6 is 0 Å². The van der Waals surface area contributed by atoms with Crippen LogP contribution in [-0.2, 0) is 22.3 Å². The van der Waals surface area contributed by atoms with E-state index in [1.54, 1.807) is 0 Å². The molecule has 0 aliphatic carbocycles. The van der Waals surface area contributed by atoms with Gasteiger partial charge in [0.05, 0.1) is 0 Å². The number of rotatable bonds is 0. The Morgan fingerprint density at radius 3 is 1.50 bits per heavy atom. The van der Waals surface area contributed by atoms with Crippen LogP contribution < -0.4 is 0 Å².